The molecule has 0 aromatic carbocycles. The fourth-order valence-corrected chi connectivity index (χ4v) is 4.16. The van der Waals surface area contributed by atoms with Crippen molar-refractivity contribution in [3.05, 3.63) is 18.0 Å². The Hall–Kier alpha value is -0.910. The van der Waals surface area contributed by atoms with Gasteiger partial charge in [0.1, 0.15) is 0 Å². The SMILES string of the molecule is CCC(CC)C(CNC(=NC)NCC(c1cnn(C)c1)N(C)C)N1CCOCC1.I. The number of ether oxygens (including phenoxy) is 1. The second kappa shape index (κ2) is 14.2. The Labute approximate surface area is 199 Å². The Morgan fingerprint density at radius 3 is 2.33 bits per heavy atom. The zero-order chi connectivity index (χ0) is 21.2. The number of likely N-dealkylation sites (N-methyl/N-ethyl adjacent to an activating group) is 1. The Morgan fingerprint density at radius 1 is 1.20 bits per heavy atom. The zero-order valence-corrected chi connectivity index (χ0v) is 21.9. The van der Waals surface area contributed by atoms with Crippen LogP contribution in [0.25, 0.3) is 0 Å². The second-order valence-corrected chi connectivity index (χ2v) is 8.05. The summed E-state index contributed by atoms with van der Waals surface area (Å²) in [5, 5.41) is 11.4. The molecule has 0 radical (unpaired) electrons. The molecule has 0 amide bonds. The van der Waals surface area contributed by atoms with Crippen molar-refractivity contribution in [2.75, 3.05) is 60.5 Å². The van der Waals surface area contributed by atoms with E-state index in [-0.39, 0.29) is 30.0 Å². The molecule has 1 saturated heterocycles. The number of hydrogen-bond donors (Lipinski definition) is 2. The smallest absolute Gasteiger partial charge is 0.191 e. The zero-order valence-electron chi connectivity index (χ0n) is 19.6. The summed E-state index contributed by atoms with van der Waals surface area (Å²) in [5.74, 6) is 1.52. The third-order valence-corrected chi connectivity index (χ3v) is 6.01. The van der Waals surface area contributed by atoms with Gasteiger partial charge in [0.25, 0.3) is 0 Å². The molecule has 1 fully saturated rings. The Kier molecular flexibility index (Phi) is 12.8. The van der Waals surface area contributed by atoms with Gasteiger partial charge in [0.05, 0.1) is 25.5 Å². The van der Waals surface area contributed by atoms with E-state index in [2.05, 4.69) is 64.7 Å². The Morgan fingerprint density at radius 2 is 1.83 bits per heavy atom. The number of morpholine rings is 1. The topological polar surface area (TPSA) is 70.0 Å². The number of hydrogen-bond acceptors (Lipinski definition) is 5. The largest absolute Gasteiger partial charge is 0.379 e. The molecule has 0 aliphatic carbocycles. The third kappa shape index (κ3) is 7.97. The lowest BCUT2D eigenvalue weighted by Gasteiger charge is -2.39. The van der Waals surface area contributed by atoms with Crippen molar-refractivity contribution in [1.29, 1.82) is 0 Å². The first kappa shape index (κ1) is 27.1. The number of nitrogens with one attached hydrogen (secondary N) is 2. The van der Waals surface area contributed by atoms with Crippen molar-refractivity contribution in [1.82, 2.24) is 30.2 Å². The van der Waals surface area contributed by atoms with Gasteiger partial charge in [-0.2, -0.15) is 5.10 Å². The highest BCUT2D eigenvalue weighted by molar-refractivity contribution is 14.0. The summed E-state index contributed by atoms with van der Waals surface area (Å²) in [4.78, 5) is 9.25. The predicted molar refractivity (Wildman–Crippen MR) is 135 cm³/mol. The third-order valence-electron chi connectivity index (χ3n) is 6.01. The minimum atomic E-state index is 0. The van der Waals surface area contributed by atoms with Crippen LogP contribution >= 0.6 is 24.0 Å². The summed E-state index contributed by atoms with van der Waals surface area (Å²) < 4.78 is 7.41. The summed E-state index contributed by atoms with van der Waals surface area (Å²) in [5.41, 5.74) is 1.20. The van der Waals surface area contributed by atoms with Gasteiger partial charge >= 0.3 is 0 Å². The number of rotatable bonds is 10. The molecule has 1 aliphatic rings. The molecule has 8 nitrogen and oxygen atoms in total. The van der Waals surface area contributed by atoms with Crippen molar-refractivity contribution >= 4 is 29.9 Å². The summed E-state index contributed by atoms with van der Waals surface area (Å²) in [6.45, 7) is 9.95. The molecule has 1 aromatic rings. The lowest BCUT2D eigenvalue weighted by Crippen LogP contribution is -2.53. The van der Waals surface area contributed by atoms with E-state index in [4.69, 9.17) is 4.74 Å². The molecule has 174 valence electrons. The van der Waals surface area contributed by atoms with Gasteiger partial charge in [-0.25, -0.2) is 0 Å². The van der Waals surface area contributed by atoms with Crippen molar-refractivity contribution in [3.63, 3.8) is 0 Å². The first-order valence-electron chi connectivity index (χ1n) is 10.9. The number of aliphatic imine (C=N–C) groups is 1. The van der Waals surface area contributed by atoms with Gasteiger partial charge < -0.3 is 20.3 Å². The molecule has 1 aliphatic heterocycles. The highest BCUT2D eigenvalue weighted by atomic mass is 127. The first-order chi connectivity index (χ1) is 14.0. The maximum atomic E-state index is 5.57. The van der Waals surface area contributed by atoms with Gasteiger partial charge in [-0.05, 0) is 20.0 Å². The van der Waals surface area contributed by atoms with Crippen molar-refractivity contribution in [3.8, 4) is 0 Å². The maximum absolute atomic E-state index is 5.57. The maximum Gasteiger partial charge on any atom is 0.191 e. The lowest BCUT2D eigenvalue weighted by molar-refractivity contribution is 0.00272. The van der Waals surface area contributed by atoms with Crippen LogP contribution in [0.3, 0.4) is 0 Å². The summed E-state index contributed by atoms with van der Waals surface area (Å²) in [6, 6.07) is 0.728. The van der Waals surface area contributed by atoms with E-state index in [0.29, 0.717) is 12.0 Å². The molecule has 2 atom stereocenters. The standard InChI is InChI=1S/C21H41N7O.HI/c1-7-17(8-2)20(28-9-11-29-12-10-28)15-24-21(22-3)23-14-19(26(4)5)18-13-25-27(6)16-18;/h13,16-17,19-20H,7-12,14-15H2,1-6H3,(H2,22,23,24);1H. The molecule has 30 heavy (non-hydrogen) atoms. The van der Waals surface area contributed by atoms with Gasteiger partial charge in [-0.1, -0.05) is 26.7 Å². The van der Waals surface area contributed by atoms with Crippen molar-refractivity contribution in [2.24, 2.45) is 18.0 Å². The molecule has 9 heteroatoms. The molecule has 1 aromatic heterocycles. The van der Waals surface area contributed by atoms with Gasteiger partial charge in [-0.3, -0.25) is 14.6 Å². The van der Waals surface area contributed by atoms with Crippen molar-refractivity contribution in [2.45, 2.75) is 38.8 Å². The number of aromatic nitrogens is 2. The monoisotopic (exact) mass is 535 g/mol. The van der Waals surface area contributed by atoms with E-state index in [1.807, 2.05) is 25.0 Å². The van der Waals surface area contributed by atoms with E-state index in [1.165, 1.54) is 18.4 Å². The molecule has 0 saturated carbocycles. The van der Waals surface area contributed by atoms with Crippen LogP contribution in [0.2, 0.25) is 0 Å². The van der Waals surface area contributed by atoms with Crippen LogP contribution in [0, 0.1) is 5.92 Å². The minimum absolute atomic E-state index is 0. The van der Waals surface area contributed by atoms with Crippen LogP contribution in [0.15, 0.2) is 17.4 Å². The Balaban J connectivity index is 0.00000450. The molecule has 0 bridgehead atoms. The Bertz CT molecular complexity index is 612. The first-order valence-corrected chi connectivity index (χ1v) is 10.9. The van der Waals surface area contributed by atoms with Gasteiger partial charge in [-0.15, -0.1) is 24.0 Å². The highest BCUT2D eigenvalue weighted by Crippen LogP contribution is 2.20. The van der Waals surface area contributed by atoms with Crippen LogP contribution in [-0.2, 0) is 11.8 Å². The number of guanidine groups is 1. The van der Waals surface area contributed by atoms with Crippen LogP contribution in [0.1, 0.15) is 38.3 Å². The van der Waals surface area contributed by atoms with Crippen LogP contribution in [0.5, 0.6) is 0 Å². The summed E-state index contributed by atoms with van der Waals surface area (Å²) >= 11 is 0. The molecule has 2 rings (SSSR count). The minimum Gasteiger partial charge on any atom is -0.379 e. The fourth-order valence-electron chi connectivity index (χ4n) is 4.16. The second-order valence-electron chi connectivity index (χ2n) is 8.05. The van der Waals surface area contributed by atoms with E-state index in [0.717, 1.165) is 45.4 Å². The van der Waals surface area contributed by atoms with Crippen molar-refractivity contribution < 1.29 is 4.74 Å². The normalized spacial score (nSPS) is 17.7. The molecule has 2 unspecified atom stereocenters. The van der Waals surface area contributed by atoms with Gasteiger partial charge in [0.2, 0.25) is 0 Å². The van der Waals surface area contributed by atoms with Crippen LogP contribution < -0.4 is 10.6 Å². The van der Waals surface area contributed by atoms with Gasteiger partial charge in [0, 0.05) is 58.1 Å². The van der Waals surface area contributed by atoms with Gasteiger partial charge in [0.15, 0.2) is 5.96 Å². The number of halogens is 1. The van der Waals surface area contributed by atoms with E-state index < -0.39 is 0 Å². The summed E-state index contributed by atoms with van der Waals surface area (Å²) in [7, 11) is 7.98. The molecular weight excluding hydrogens is 493 g/mol. The molecular formula is C21H42IN7O. The average Bonchev–Trinajstić information content (AvgIpc) is 3.15. The number of nitrogens with zero attached hydrogens (tertiary/aromatic N) is 5. The predicted octanol–water partition coefficient (Wildman–Crippen LogP) is 1.94. The van der Waals surface area contributed by atoms with E-state index >= 15 is 0 Å². The molecule has 0 spiro atoms. The van der Waals surface area contributed by atoms with Crippen LogP contribution in [0.4, 0.5) is 0 Å². The highest BCUT2D eigenvalue weighted by Gasteiger charge is 2.27. The molecule has 2 N–H and O–H groups in total. The number of aryl methyl sites for hydroxylation is 1. The molecule has 2 heterocycles. The van der Waals surface area contributed by atoms with E-state index in [9.17, 15) is 0 Å². The fraction of sp³-hybridized carbons (Fsp3) is 0.810. The van der Waals surface area contributed by atoms with Crippen LogP contribution in [-0.4, -0.2) is 92.1 Å². The summed E-state index contributed by atoms with van der Waals surface area (Å²) in [6.07, 6.45) is 6.39. The quantitative estimate of drug-likeness (QED) is 0.271. The lowest BCUT2D eigenvalue weighted by atomic mass is 9.92. The van der Waals surface area contributed by atoms with E-state index in [1.54, 1.807) is 0 Å². The average molecular weight is 536 g/mol.